The maximum absolute atomic E-state index is 11.2. The summed E-state index contributed by atoms with van der Waals surface area (Å²) in [5, 5.41) is 3.17. The summed E-state index contributed by atoms with van der Waals surface area (Å²) in [6, 6.07) is 6.37. The predicted octanol–water partition coefficient (Wildman–Crippen LogP) is 1.62. The molecule has 1 aliphatic rings. The molecule has 0 radical (unpaired) electrons. The first-order valence-corrected chi connectivity index (χ1v) is 6.18. The van der Waals surface area contributed by atoms with Crippen LogP contribution in [0.15, 0.2) is 18.2 Å². The van der Waals surface area contributed by atoms with Gasteiger partial charge in [-0.1, -0.05) is 23.8 Å². The van der Waals surface area contributed by atoms with Crippen LogP contribution in [0.5, 0.6) is 0 Å². The molecule has 2 atom stereocenters. The Hall–Kier alpha value is -1.35. The lowest BCUT2D eigenvalue weighted by molar-refractivity contribution is -0.120. The number of hydrogen-bond donors (Lipinski definition) is 2. The van der Waals surface area contributed by atoms with E-state index in [9.17, 15) is 4.79 Å². The third kappa shape index (κ3) is 2.67. The smallest absolute Gasteiger partial charge is 0.234 e. The van der Waals surface area contributed by atoms with Crippen molar-refractivity contribution in [1.29, 1.82) is 0 Å². The Morgan fingerprint density at radius 1 is 1.41 bits per heavy atom. The largest absolute Gasteiger partial charge is 0.368 e. The van der Waals surface area contributed by atoms with Crippen molar-refractivity contribution in [3.05, 3.63) is 34.9 Å². The van der Waals surface area contributed by atoms with Crippen molar-refractivity contribution in [2.75, 3.05) is 6.54 Å². The van der Waals surface area contributed by atoms with Gasteiger partial charge in [0.15, 0.2) is 0 Å². The van der Waals surface area contributed by atoms with E-state index in [1.165, 1.54) is 16.7 Å². The fraction of sp³-hybridized carbons (Fsp3) is 0.500. The van der Waals surface area contributed by atoms with Crippen molar-refractivity contribution in [2.24, 2.45) is 5.73 Å². The molecule has 92 valence electrons. The molecule has 1 aliphatic heterocycles. The molecule has 3 heteroatoms. The van der Waals surface area contributed by atoms with Crippen LogP contribution < -0.4 is 11.1 Å². The van der Waals surface area contributed by atoms with Crippen molar-refractivity contribution in [1.82, 2.24) is 5.32 Å². The van der Waals surface area contributed by atoms with E-state index in [2.05, 4.69) is 37.4 Å². The highest BCUT2D eigenvalue weighted by Gasteiger charge is 2.26. The van der Waals surface area contributed by atoms with E-state index in [1.54, 1.807) is 0 Å². The van der Waals surface area contributed by atoms with Crippen LogP contribution in [-0.4, -0.2) is 18.5 Å². The Morgan fingerprint density at radius 2 is 2.18 bits per heavy atom. The van der Waals surface area contributed by atoms with E-state index in [4.69, 9.17) is 5.73 Å². The van der Waals surface area contributed by atoms with Gasteiger partial charge in [0.2, 0.25) is 5.91 Å². The molecule has 1 fully saturated rings. The van der Waals surface area contributed by atoms with Gasteiger partial charge < -0.3 is 11.1 Å². The molecule has 0 aliphatic carbocycles. The number of amides is 1. The maximum atomic E-state index is 11.2. The molecule has 2 rings (SSSR count). The third-order valence-corrected chi connectivity index (χ3v) is 3.61. The molecule has 1 aromatic rings. The number of nitrogens with two attached hydrogens (primary N) is 1. The van der Waals surface area contributed by atoms with Gasteiger partial charge in [-0.15, -0.1) is 0 Å². The van der Waals surface area contributed by atoms with E-state index in [0.717, 1.165) is 19.4 Å². The number of hydrogen-bond acceptors (Lipinski definition) is 2. The second-order valence-corrected chi connectivity index (χ2v) is 4.99. The summed E-state index contributed by atoms with van der Waals surface area (Å²) in [6.07, 6.45) is 1.90. The Labute approximate surface area is 102 Å². The lowest BCUT2D eigenvalue weighted by atomic mass is 9.84. The number of carbonyl (C=O) groups excluding carboxylic acids is 1. The minimum Gasteiger partial charge on any atom is -0.368 e. The van der Waals surface area contributed by atoms with Crippen LogP contribution in [-0.2, 0) is 4.79 Å². The SMILES string of the molecule is Cc1ccc(C2CCNC(C(N)=O)C2)c(C)c1. The van der Waals surface area contributed by atoms with Crippen molar-refractivity contribution in [2.45, 2.75) is 38.6 Å². The van der Waals surface area contributed by atoms with Gasteiger partial charge in [0.05, 0.1) is 6.04 Å². The van der Waals surface area contributed by atoms with Gasteiger partial charge in [0.1, 0.15) is 0 Å². The number of nitrogens with one attached hydrogen (secondary N) is 1. The van der Waals surface area contributed by atoms with Crippen molar-refractivity contribution in [3.8, 4) is 0 Å². The summed E-state index contributed by atoms with van der Waals surface area (Å²) < 4.78 is 0. The molecule has 17 heavy (non-hydrogen) atoms. The van der Waals surface area contributed by atoms with Crippen molar-refractivity contribution in [3.63, 3.8) is 0 Å². The lowest BCUT2D eigenvalue weighted by Crippen LogP contribution is -2.46. The van der Waals surface area contributed by atoms with Crippen LogP contribution in [0.25, 0.3) is 0 Å². The van der Waals surface area contributed by atoms with Gasteiger partial charge in [0.25, 0.3) is 0 Å². The molecule has 0 bridgehead atoms. The molecule has 3 nitrogen and oxygen atoms in total. The topological polar surface area (TPSA) is 55.1 Å². The zero-order valence-electron chi connectivity index (χ0n) is 10.5. The van der Waals surface area contributed by atoms with Gasteiger partial charge in [-0.3, -0.25) is 4.79 Å². The standard InChI is InChI=1S/C14H20N2O/c1-9-3-4-12(10(2)7-9)11-5-6-16-13(8-11)14(15)17/h3-4,7,11,13,16H,5-6,8H2,1-2H3,(H2,15,17). The van der Waals surface area contributed by atoms with Crippen LogP contribution in [0, 0.1) is 13.8 Å². The van der Waals surface area contributed by atoms with Crippen molar-refractivity contribution >= 4 is 5.91 Å². The zero-order chi connectivity index (χ0) is 12.4. The summed E-state index contributed by atoms with van der Waals surface area (Å²) >= 11 is 0. The minimum absolute atomic E-state index is 0.172. The first-order chi connectivity index (χ1) is 8.08. The monoisotopic (exact) mass is 232 g/mol. The Morgan fingerprint density at radius 3 is 2.82 bits per heavy atom. The van der Waals surface area contributed by atoms with E-state index in [1.807, 2.05) is 0 Å². The van der Waals surface area contributed by atoms with E-state index >= 15 is 0 Å². The third-order valence-electron chi connectivity index (χ3n) is 3.61. The number of aryl methyl sites for hydroxylation is 2. The van der Waals surface area contributed by atoms with Gasteiger partial charge in [-0.2, -0.15) is 0 Å². The summed E-state index contributed by atoms with van der Waals surface area (Å²) in [5.41, 5.74) is 9.34. The highest BCUT2D eigenvalue weighted by molar-refractivity contribution is 5.80. The quantitative estimate of drug-likeness (QED) is 0.814. The summed E-state index contributed by atoms with van der Waals surface area (Å²) in [4.78, 5) is 11.2. The Bertz CT molecular complexity index is 428. The van der Waals surface area contributed by atoms with E-state index in [-0.39, 0.29) is 11.9 Å². The second kappa shape index (κ2) is 4.88. The van der Waals surface area contributed by atoms with Crippen LogP contribution in [0.2, 0.25) is 0 Å². The summed E-state index contributed by atoms with van der Waals surface area (Å²) in [7, 11) is 0. The van der Waals surface area contributed by atoms with Crippen LogP contribution in [0.3, 0.4) is 0 Å². The highest BCUT2D eigenvalue weighted by atomic mass is 16.1. The number of benzene rings is 1. The highest BCUT2D eigenvalue weighted by Crippen LogP contribution is 2.30. The fourth-order valence-corrected chi connectivity index (χ4v) is 2.70. The molecule has 1 heterocycles. The van der Waals surface area contributed by atoms with Crippen LogP contribution in [0.4, 0.5) is 0 Å². The first kappa shape index (κ1) is 12.1. The average Bonchev–Trinajstić information content (AvgIpc) is 2.29. The summed E-state index contributed by atoms with van der Waals surface area (Å²) in [6.45, 7) is 5.11. The molecular formula is C14H20N2O. The van der Waals surface area contributed by atoms with Gasteiger partial charge in [-0.05, 0) is 50.3 Å². The van der Waals surface area contributed by atoms with Crippen LogP contribution in [0.1, 0.15) is 35.4 Å². The van der Waals surface area contributed by atoms with Gasteiger partial charge in [-0.25, -0.2) is 0 Å². The molecule has 0 saturated carbocycles. The number of rotatable bonds is 2. The zero-order valence-corrected chi connectivity index (χ0v) is 10.5. The summed E-state index contributed by atoms with van der Waals surface area (Å²) in [5.74, 6) is 0.216. The molecule has 2 unspecified atom stereocenters. The Kier molecular flexibility index (Phi) is 3.48. The minimum atomic E-state index is -0.237. The molecule has 0 spiro atoms. The fourth-order valence-electron chi connectivity index (χ4n) is 2.70. The molecule has 3 N–H and O–H groups in total. The van der Waals surface area contributed by atoms with E-state index in [0.29, 0.717) is 5.92 Å². The molecule has 1 aromatic carbocycles. The number of carbonyl (C=O) groups is 1. The molecule has 1 saturated heterocycles. The first-order valence-electron chi connectivity index (χ1n) is 6.18. The van der Waals surface area contributed by atoms with E-state index < -0.39 is 0 Å². The number of primary amides is 1. The molecule has 0 aromatic heterocycles. The normalized spacial score (nSPS) is 24.6. The predicted molar refractivity (Wildman–Crippen MR) is 68.9 cm³/mol. The maximum Gasteiger partial charge on any atom is 0.234 e. The number of piperidine rings is 1. The lowest BCUT2D eigenvalue weighted by Gasteiger charge is -2.29. The van der Waals surface area contributed by atoms with Gasteiger partial charge >= 0.3 is 0 Å². The molecule has 1 amide bonds. The molecular weight excluding hydrogens is 212 g/mol. The van der Waals surface area contributed by atoms with Gasteiger partial charge in [0, 0.05) is 0 Å². The Balaban J connectivity index is 2.19. The average molecular weight is 232 g/mol. The second-order valence-electron chi connectivity index (χ2n) is 4.99. The van der Waals surface area contributed by atoms with Crippen LogP contribution >= 0.6 is 0 Å². The van der Waals surface area contributed by atoms with Crippen molar-refractivity contribution < 1.29 is 4.79 Å².